The van der Waals surface area contributed by atoms with Crippen LogP contribution in [0.3, 0.4) is 0 Å². The predicted octanol–water partition coefficient (Wildman–Crippen LogP) is 2.30. The van der Waals surface area contributed by atoms with Crippen molar-refractivity contribution in [2.75, 3.05) is 31.1 Å². The molecule has 0 radical (unpaired) electrons. The van der Waals surface area contributed by atoms with Crippen LogP contribution in [-0.4, -0.2) is 58.4 Å². The third-order valence-electron chi connectivity index (χ3n) is 5.68. The van der Waals surface area contributed by atoms with Gasteiger partial charge in [0.05, 0.1) is 12.0 Å². The van der Waals surface area contributed by atoms with Crippen molar-refractivity contribution in [1.82, 2.24) is 25.4 Å². The summed E-state index contributed by atoms with van der Waals surface area (Å²) in [5, 5.41) is 7.14. The molecule has 4 heterocycles. The molecular formula is C21H30N6O3. The van der Waals surface area contributed by atoms with Gasteiger partial charge in [-0.25, -0.2) is 9.97 Å². The normalized spacial score (nSPS) is 21.7. The van der Waals surface area contributed by atoms with Gasteiger partial charge in [-0.05, 0) is 39.0 Å². The standard InChI is InChI=1S/C21H30N6O3/c1-3-6-18-25-21(30-26-18)17-12-22-14(2)24-19(17)27-9-4-7-15(13-27)20(28)23-11-16-8-5-10-29-16/h12,15-16H,3-11,13H2,1-2H3,(H,23,28). The van der Waals surface area contributed by atoms with E-state index in [2.05, 4.69) is 37.2 Å². The van der Waals surface area contributed by atoms with Gasteiger partial charge in [0.2, 0.25) is 5.91 Å². The summed E-state index contributed by atoms with van der Waals surface area (Å²) in [6.07, 6.45) is 7.49. The zero-order chi connectivity index (χ0) is 20.9. The SMILES string of the molecule is CCCc1noc(-c2cnc(C)nc2N2CCCC(C(=O)NCC3CCCO3)C2)n1. The Bertz CT molecular complexity index is 864. The lowest BCUT2D eigenvalue weighted by Gasteiger charge is -2.33. The number of nitrogens with zero attached hydrogens (tertiary/aromatic N) is 5. The number of aryl methyl sites for hydroxylation is 2. The first-order valence-corrected chi connectivity index (χ1v) is 10.9. The van der Waals surface area contributed by atoms with Crippen LogP contribution in [0.4, 0.5) is 5.82 Å². The number of nitrogens with one attached hydrogen (secondary N) is 1. The highest BCUT2D eigenvalue weighted by atomic mass is 16.5. The fourth-order valence-corrected chi connectivity index (χ4v) is 4.09. The molecule has 2 fully saturated rings. The highest BCUT2D eigenvalue weighted by Crippen LogP contribution is 2.31. The Morgan fingerprint density at radius 1 is 1.30 bits per heavy atom. The van der Waals surface area contributed by atoms with E-state index < -0.39 is 0 Å². The number of carbonyl (C=O) groups excluding carboxylic acids is 1. The molecule has 1 amide bonds. The third-order valence-corrected chi connectivity index (χ3v) is 5.68. The number of ether oxygens (including phenoxy) is 1. The van der Waals surface area contributed by atoms with E-state index in [1.165, 1.54) is 0 Å². The van der Waals surface area contributed by atoms with Gasteiger partial charge in [-0.2, -0.15) is 4.98 Å². The maximum absolute atomic E-state index is 12.8. The molecule has 2 aromatic rings. The number of anilines is 1. The Morgan fingerprint density at radius 2 is 2.20 bits per heavy atom. The molecule has 4 rings (SSSR count). The van der Waals surface area contributed by atoms with E-state index in [0.717, 1.165) is 63.1 Å². The molecule has 2 saturated heterocycles. The van der Waals surface area contributed by atoms with Crippen LogP contribution in [-0.2, 0) is 16.0 Å². The van der Waals surface area contributed by atoms with Crippen LogP contribution in [0.2, 0.25) is 0 Å². The molecule has 2 atom stereocenters. The van der Waals surface area contributed by atoms with Gasteiger partial charge in [-0.1, -0.05) is 12.1 Å². The molecule has 2 aliphatic heterocycles. The fourth-order valence-electron chi connectivity index (χ4n) is 4.09. The molecule has 0 aromatic carbocycles. The highest BCUT2D eigenvalue weighted by Gasteiger charge is 2.30. The van der Waals surface area contributed by atoms with Crippen molar-refractivity contribution in [1.29, 1.82) is 0 Å². The van der Waals surface area contributed by atoms with Crippen LogP contribution in [0.15, 0.2) is 10.7 Å². The van der Waals surface area contributed by atoms with Gasteiger partial charge in [-0.3, -0.25) is 4.79 Å². The summed E-state index contributed by atoms with van der Waals surface area (Å²) in [5.41, 5.74) is 0.718. The minimum atomic E-state index is -0.0818. The van der Waals surface area contributed by atoms with E-state index in [0.29, 0.717) is 30.6 Å². The first kappa shape index (κ1) is 20.7. The molecule has 0 aliphatic carbocycles. The summed E-state index contributed by atoms with van der Waals surface area (Å²) in [7, 11) is 0. The first-order chi connectivity index (χ1) is 14.6. The maximum atomic E-state index is 12.8. The van der Waals surface area contributed by atoms with Gasteiger partial charge in [0.15, 0.2) is 5.82 Å². The molecule has 9 nitrogen and oxygen atoms in total. The molecule has 0 saturated carbocycles. The number of piperidine rings is 1. The van der Waals surface area contributed by atoms with Crippen molar-refractivity contribution in [3.05, 3.63) is 17.8 Å². The quantitative estimate of drug-likeness (QED) is 0.736. The number of carbonyl (C=O) groups is 1. The van der Waals surface area contributed by atoms with E-state index in [4.69, 9.17) is 9.26 Å². The Balaban J connectivity index is 1.48. The minimum Gasteiger partial charge on any atom is -0.376 e. The zero-order valence-corrected chi connectivity index (χ0v) is 17.8. The van der Waals surface area contributed by atoms with E-state index in [1.54, 1.807) is 6.20 Å². The summed E-state index contributed by atoms with van der Waals surface area (Å²) in [4.78, 5) is 28.4. The van der Waals surface area contributed by atoms with E-state index in [9.17, 15) is 4.79 Å². The molecule has 1 N–H and O–H groups in total. The van der Waals surface area contributed by atoms with Crippen LogP contribution in [0.25, 0.3) is 11.5 Å². The molecular weight excluding hydrogens is 384 g/mol. The largest absolute Gasteiger partial charge is 0.376 e. The van der Waals surface area contributed by atoms with Crippen molar-refractivity contribution in [2.24, 2.45) is 5.92 Å². The Hall–Kier alpha value is -2.55. The van der Waals surface area contributed by atoms with Crippen molar-refractivity contribution in [3.8, 4) is 11.5 Å². The summed E-state index contributed by atoms with van der Waals surface area (Å²) in [6.45, 7) is 6.76. The molecule has 30 heavy (non-hydrogen) atoms. The van der Waals surface area contributed by atoms with Crippen LogP contribution in [0.1, 0.15) is 50.7 Å². The number of aromatic nitrogens is 4. The van der Waals surface area contributed by atoms with Gasteiger partial charge in [0, 0.05) is 38.9 Å². The summed E-state index contributed by atoms with van der Waals surface area (Å²) < 4.78 is 11.1. The summed E-state index contributed by atoms with van der Waals surface area (Å²) in [6, 6.07) is 0. The Kier molecular flexibility index (Phi) is 6.56. The first-order valence-electron chi connectivity index (χ1n) is 10.9. The number of amides is 1. The molecule has 2 aromatic heterocycles. The van der Waals surface area contributed by atoms with Crippen molar-refractivity contribution in [3.63, 3.8) is 0 Å². The maximum Gasteiger partial charge on any atom is 0.263 e. The average Bonchev–Trinajstić information content (AvgIpc) is 3.44. The van der Waals surface area contributed by atoms with Gasteiger partial charge < -0.3 is 19.5 Å². The fraction of sp³-hybridized carbons (Fsp3) is 0.667. The van der Waals surface area contributed by atoms with Crippen molar-refractivity contribution < 1.29 is 14.1 Å². The van der Waals surface area contributed by atoms with Gasteiger partial charge in [0.25, 0.3) is 5.89 Å². The molecule has 0 spiro atoms. The second kappa shape index (κ2) is 9.51. The topological polar surface area (TPSA) is 106 Å². The Labute approximate surface area is 176 Å². The van der Waals surface area contributed by atoms with Crippen LogP contribution in [0, 0.1) is 12.8 Å². The highest BCUT2D eigenvalue weighted by molar-refractivity contribution is 5.80. The van der Waals surface area contributed by atoms with Crippen molar-refractivity contribution >= 4 is 11.7 Å². The zero-order valence-electron chi connectivity index (χ0n) is 17.8. The van der Waals surface area contributed by atoms with Crippen LogP contribution >= 0.6 is 0 Å². The van der Waals surface area contributed by atoms with Crippen LogP contribution < -0.4 is 10.2 Å². The van der Waals surface area contributed by atoms with E-state index in [1.807, 2.05) is 6.92 Å². The number of rotatable bonds is 7. The van der Waals surface area contributed by atoms with Crippen LogP contribution in [0.5, 0.6) is 0 Å². The number of hydrogen-bond donors (Lipinski definition) is 1. The molecule has 2 aliphatic rings. The lowest BCUT2D eigenvalue weighted by atomic mass is 9.96. The lowest BCUT2D eigenvalue weighted by Crippen LogP contribution is -2.45. The monoisotopic (exact) mass is 414 g/mol. The molecule has 9 heteroatoms. The van der Waals surface area contributed by atoms with E-state index in [-0.39, 0.29) is 17.9 Å². The predicted molar refractivity (Wildman–Crippen MR) is 111 cm³/mol. The second-order valence-electron chi connectivity index (χ2n) is 8.09. The summed E-state index contributed by atoms with van der Waals surface area (Å²) in [5.74, 6) is 2.55. The molecule has 2 unspecified atom stereocenters. The molecule has 0 bridgehead atoms. The van der Waals surface area contributed by atoms with Gasteiger partial charge >= 0.3 is 0 Å². The Morgan fingerprint density at radius 3 is 3.00 bits per heavy atom. The second-order valence-corrected chi connectivity index (χ2v) is 8.09. The van der Waals surface area contributed by atoms with Crippen molar-refractivity contribution in [2.45, 2.75) is 58.5 Å². The van der Waals surface area contributed by atoms with E-state index >= 15 is 0 Å². The summed E-state index contributed by atoms with van der Waals surface area (Å²) >= 11 is 0. The smallest absolute Gasteiger partial charge is 0.263 e. The molecule has 162 valence electrons. The van der Waals surface area contributed by atoms with Gasteiger partial charge in [0.1, 0.15) is 17.2 Å². The number of hydrogen-bond acceptors (Lipinski definition) is 8. The third kappa shape index (κ3) is 4.77. The average molecular weight is 415 g/mol. The lowest BCUT2D eigenvalue weighted by molar-refractivity contribution is -0.125. The van der Waals surface area contributed by atoms with Gasteiger partial charge in [-0.15, -0.1) is 0 Å². The minimum absolute atomic E-state index is 0.0818.